The molecule has 1 aliphatic carbocycles. The lowest BCUT2D eigenvalue weighted by Crippen LogP contribution is -2.07. The summed E-state index contributed by atoms with van der Waals surface area (Å²) in [6.07, 6.45) is 6.28. The van der Waals surface area contributed by atoms with E-state index in [-0.39, 0.29) is 0 Å². The van der Waals surface area contributed by atoms with Gasteiger partial charge in [-0.2, -0.15) is 15.0 Å². The number of nitrogens with zero attached hydrogens (tertiary/aromatic N) is 6. The van der Waals surface area contributed by atoms with Crippen LogP contribution in [0.3, 0.4) is 0 Å². The first-order valence-corrected chi connectivity index (χ1v) is 12.3. The number of benzene rings is 2. The molecule has 0 atom stereocenters. The Morgan fingerprint density at radius 3 is 2.65 bits per heavy atom. The molecule has 6 rings (SSSR count). The Kier molecular flexibility index (Phi) is 5.73. The van der Waals surface area contributed by atoms with Crippen molar-refractivity contribution in [3.63, 3.8) is 0 Å². The number of rotatable bonds is 5. The molecule has 8 nitrogen and oxygen atoms in total. The lowest BCUT2D eigenvalue weighted by Gasteiger charge is -2.16. The molecule has 0 spiro atoms. The zero-order valence-electron chi connectivity index (χ0n) is 20.7. The van der Waals surface area contributed by atoms with E-state index in [1.54, 1.807) is 11.8 Å². The van der Waals surface area contributed by atoms with E-state index < -0.39 is 0 Å². The van der Waals surface area contributed by atoms with Gasteiger partial charge in [-0.1, -0.05) is 24.3 Å². The van der Waals surface area contributed by atoms with Crippen LogP contribution in [-0.2, 0) is 12.8 Å². The molecule has 8 heteroatoms. The fourth-order valence-corrected chi connectivity index (χ4v) is 4.94. The van der Waals surface area contributed by atoms with Crippen molar-refractivity contribution in [3.8, 4) is 28.9 Å². The highest BCUT2D eigenvalue weighted by atomic mass is 16.5. The number of nitrogens with one attached hydrogen (secondary N) is 1. The quantitative estimate of drug-likeness (QED) is 0.340. The van der Waals surface area contributed by atoms with Crippen LogP contribution in [0.2, 0.25) is 0 Å². The summed E-state index contributed by atoms with van der Waals surface area (Å²) in [7, 11) is 1.62. The second kappa shape index (κ2) is 9.36. The number of pyridine rings is 1. The zero-order chi connectivity index (χ0) is 25.4. The number of hydrogen-bond acceptors (Lipinski definition) is 7. The van der Waals surface area contributed by atoms with Gasteiger partial charge in [-0.15, -0.1) is 10.2 Å². The molecular formula is C29H25N7O. The number of hydrogen-bond donors (Lipinski definition) is 1. The lowest BCUT2D eigenvalue weighted by atomic mass is 9.90. The Bertz CT molecular complexity index is 1670. The maximum absolute atomic E-state index is 9.74. The molecule has 37 heavy (non-hydrogen) atoms. The van der Waals surface area contributed by atoms with Gasteiger partial charge in [0.05, 0.1) is 19.0 Å². The van der Waals surface area contributed by atoms with Gasteiger partial charge in [-0.25, -0.2) is 4.98 Å². The Morgan fingerprint density at radius 2 is 1.86 bits per heavy atom. The smallest absolute Gasteiger partial charge is 0.156 e. The molecule has 0 radical (unpaired) electrons. The summed E-state index contributed by atoms with van der Waals surface area (Å²) in [4.78, 5) is 4.81. The topological polar surface area (TPSA) is 102 Å². The minimum absolute atomic E-state index is 0.375. The number of fused-ring (bicyclic) bond motifs is 2. The van der Waals surface area contributed by atoms with Crippen molar-refractivity contribution in [2.45, 2.75) is 32.6 Å². The molecule has 1 aliphatic rings. The van der Waals surface area contributed by atoms with Crippen molar-refractivity contribution in [3.05, 3.63) is 83.0 Å². The number of nitriles is 1. The van der Waals surface area contributed by atoms with E-state index in [0.29, 0.717) is 28.8 Å². The number of para-hydroxylation sites is 1. The number of anilines is 2. The van der Waals surface area contributed by atoms with E-state index in [1.807, 2.05) is 43.3 Å². The van der Waals surface area contributed by atoms with Gasteiger partial charge in [0.15, 0.2) is 17.5 Å². The summed E-state index contributed by atoms with van der Waals surface area (Å²) >= 11 is 0. The van der Waals surface area contributed by atoms with Gasteiger partial charge in [0.2, 0.25) is 0 Å². The fraction of sp³-hybridized carbons (Fsp3) is 0.207. The van der Waals surface area contributed by atoms with Crippen LogP contribution in [0.1, 0.15) is 35.1 Å². The van der Waals surface area contributed by atoms with Crippen molar-refractivity contribution in [2.75, 3.05) is 12.4 Å². The molecule has 0 amide bonds. The van der Waals surface area contributed by atoms with Crippen molar-refractivity contribution >= 4 is 22.5 Å². The van der Waals surface area contributed by atoms with E-state index in [1.165, 1.54) is 30.2 Å². The third-order valence-electron chi connectivity index (χ3n) is 6.88. The summed E-state index contributed by atoms with van der Waals surface area (Å²) in [5.74, 6) is 2.22. The average molecular weight is 488 g/mol. The first-order chi connectivity index (χ1) is 18.1. The third-order valence-corrected chi connectivity index (χ3v) is 6.88. The van der Waals surface area contributed by atoms with Crippen LogP contribution in [0.25, 0.3) is 28.0 Å². The highest BCUT2D eigenvalue weighted by Gasteiger charge is 2.17. The second-order valence-corrected chi connectivity index (χ2v) is 9.20. The summed E-state index contributed by atoms with van der Waals surface area (Å²) in [6, 6.07) is 20.3. The maximum Gasteiger partial charge on any atom is 0.156 e. The van der Waals surface area contributed by atoms with Gasteiger partial charge in [0.25, 0.3) is 0 Å². The van der Waals surface area contributed by atoms with Crippen molar-refractivity contribution in [2.24, 2.45) is 0 Å². The van der Waals surface area contributed by atoms with Crippen LogP contribution in [0.15, 0.2) is 60.8 Å². The van der Waals surface area contributed by atoms with Gasteiger partial charge in [-0.05, 0) is 79.6 Å². The molecule has 5 aromatic rings. The number of ether oxygens (including phenoxy) is 1. The summed E-state index contributed by atoms with van der Waals surface area (Å²) in [5, 5.41) is 27.3. The molecule has 3 heterocycles. The highest BCUT2D eigenvalue weighted by Crippen LogP contribution is 2.30. The van der Waals surface area contributed by atoms with Crippen LogP contribution >= 0.6 is 0 Å². The normalized spacial score (nSPS) is 12.7. The van der Waals surface area contributed by atoms with Gasteiger partial charge >= 0.3 is 0 Å². The van der Waals surface area contributed by atoms with Gasteiger partial charge in [-0.3, -0.25) is 0 Å². The molecular weight excluding hydrogens is 462 g/mol. The number of methoxy groups -OCH3 is 1. The lowest BCUT2D eigenvalue weighted by molar-refractivity contribution is 0.419. The molecule has 0 saturated carbocycles. The molecule has 3 aromatic heterocycles. The Morgan fingerprint density at radius 1 is 1.00 bits per heavy atom. The predicted octanol–water partition coefficient (Wildman–Crippen LogP) is 5.69. The zero-order valence-corrected chi connectivity index (χ0v) is 20.7. The Labute approximate surface area is 214 Å². The highest BCUT2D eigenvalue weighted by molar-refractivity contribution is 5.88. The summed E-state index contributed by atoms with van der Waals surface area (Å²) in [5.41, 5.74) is 6.85. The SMILES string of the molecule is COc1cccc2c(C)cc(-n3ncc(C#N)c3Nc3ccc(-c4ccc5c(c4)CCCC5)nn3)nc12. The molecule has 0 saturated heterocycles. The Hall–Kier alpha value is -4.77. The minimum atomic E-state index is 0.375. The fourth-order valence-electron chi connectivity index (χ4n) is 4.94. The van der Waals surface area contributed by atoms with Crippen LogP contribution in [0, 0.1) is 18.3 Å². The van der Waals surface area contributed by atoms with E-state index in [0.717, 1.165) is 40.6 Å². The number of aromatic nitrogens is 5. The number of aryl methyl sites for hydroxylation is 3. The van der Waals surface area contributed by atoms with Crippen LogP contribution in [0.4, 0.5) is 11.6 Å². The average Bonchev–Trinajstić information content (AvgIpc) is 3.35. The molecule has 2 aromatic carbocycles. The predicted molar refractivity (Wildman–Crippen MR) is 142 cm³/mol. The van der Waals surface area contributed by atoms with E-state index in [4.69, 9.17) is 9.72 Å². The second-order valence-electron chi connectivity index (χ2n) is 9.20. The van der Waals surface area contributed by atoms with Gasteiger partial charge in [0.1, 0.15) is 22.9 Å². The Balaban J connectivity index is 1.34. The van der Waals surface area contributed by atoms with Gasteiger partial charge in [0, 0.05) is 10.9 Å². The van der Waals surface area contributed by atoms with Crippen molar-refractivity contribution in [1.82, 2.24) is 25.0 Å². The van der Waals surface area contributed by atoms with Crippen molar-refractivity contribution in [1.29, 1.82) is 5.26 Å². The maximum atomic E-state index is 9.74. The van der Waals surface area contributed by atoms with Gasteiger partial charge < -0.3 is 10.1 Å². The third kappa shape index (κ3) is 4.15. The van der Waals surface area contributed by atoms with Crippen LogP contribution in [0.5, 0.6) is 5.75 Å². The van der Waals surface area contributed by atoms with Crippen molar-refractivity contribution < 1.29 is 4.74 Å². The monoisotopic (exact) mass is 487 g/mol. The molecule has 0 bridgehead atoms. The van der Waals surface area contributed by atoms with E-state index in [9.17, 15) is 5.26 Å². The first kappa shape index (κ1) is 22.7. The molecule has 0 fully saturated rings. The molecule has 1 N–H and O–H groups in total. The molecule has 182 valence electrons. The standard InChI is InChI=1S/C29H25N7O/c1-18-14-27(33-28-23(18)8-5-9-25(28)37-2)36-29(22(16-30)17-31-36)32-26-13-12-24(34-35-26)21-11-10-19-6-3-4-7-20(19)15-21/h5,8-15,17H,3-4,6-7H2,1-2H3,(H,32,35). The largest absolute Gasteiger partial charge is 0.494 e. The minimum Gasteiger partial charge on any atom is -0.494 e. The van der Waals surface area contributed by atoms with Crippen LogP contribution < -0.4 is 10.1 Å². The van der Waals surface area contributed by atoms with E-state index in [2.05, 4.69) is 44.9 Å². The van der Waals surface area contributed by atoms with Crippen LogP contribution in [-0.4, -0.2) is 32.1 Å². The van der Waals surface area contributed by atoms with E-state index >= 15 is 0 Å². The summed E-state index contributed by atoms with van der Waals surface area (Å²) < 4.78 is 7.13. The molecule has 0 aliphatic heterocycles. The molecule has 0 unspecified atom stereocenters. The summed E-state index contributed by atoms with van der Waals surface area (Å²) in [6.45, 7) is 2.01. The first-order valence-electron chi connectivity index (χ1n) is 12.3.